The molecule has 23 heavy (non-hydrogen) atoms. The summed E-state index contributed by atoms with van der Waals surface area (Å²) in [5.41, 5.74) is 0.665. The van der Waals surface area contributed by atoms with Gasteiger partial charge in [0.05, 0.1) is 11.2 Å². The minimum absolute atomic E-state index is 0.0735. The summed E-state index contributed by atoms with van der Waals surface area (Å²) in [6.07, 6.45) is 4.19. The number of rotatable bonds is 7. The van der Waals surface area contributed by atoms with Crippen molar-refractivity contribution in [3.63, 3.8) is 0 Å². The van der Waals surface area contributed by atoms with Gasteiger partial charge in [0.25, 0.3) is 11.6 Å². The van der Waals surface area contributed by atoms with E-state index in [1.807, 2.05) is 6.07 Å². The van der Waals surface area contributed by atoms with Crippen LogP contribution in [0.2, 0.25) is 0 Å². The molecular formula is C16H17N3O4. The summed E-state index contributed by atoms with van der Waals surface area (Å²) in [5.74, 6) is 0.442. The van der Waals surface area contributed by atoms with Crippen LogP contribution in [0.4, 0.5) is 11.4 Å². The van der Waals surface area contributed by atoms with Crippen LogP contribution in [0.1, 0.15) is 29.0 Å². The topological polar surface area (TPSA) is 97.4 Å². The minimum Gasteiger partial charge on any atom is -0.469 e. The molecule has 0 aliphatic heterocycles. The van der Waals surface area contributed by atoms with E-state index in [1.165, 1.54) is 6.07 Å². The molecule has 0 radical (unpaired) electrons. The lowest BCUT2D eigenvalue weighted by Gasteiger charge is -2.08. The number of anilines is 1. The first-order chi connectivity index (χ1) is 11.1. The average molecular weight is 315 g/mol. The standard InChI is InChI=1S/C16H17N3O4/c20-16(17-8-7-13-2-1-9-23-13)11-3-6-14(18-12-4-5-12)15(10-11)19(21)22/h1-3,6,9-10,12,18H,4-5,7-8H2,(H,17,20). The van der Waals surface area contributed by atoms with Crippen LogP contribution in [0.15, 0.2) is 41.0 Å². The van der Waals surface area contributed by atoms with Crippen molar-refractivity contribution in [3.8, 4) is 0 Å². The van der Waals surface area contributed by atoms with Crippen LogP contribution in [-0.2, 0) is 6.42 Å². The van der Waals surface area contributed by atoms with Crippen molar-refractivity contribution >= 4 is 17.3 Å². The number of nitro benzene ring substituents is 1. The van der Waals surface area contributed by atoms with E-state index in [-0.39, 0.29) is 17.2 Å². The maximum Gasteiger partial charge on any atom is 0.293 e. The molecule has 1 amide bonds. The molecule has 7 heteroatoms. The van der Waals surface area contributed by atoms with E-state index in [0.29, 0.717) is 24.7 Å². The van der Waals surface area contributed by atoms with Crippen molar-refractivity contribution in [1.82, 2.24) is 5.32 Å². The molecule has 7 nitrogen and oxygen atoms in total. The Bertz CT molecular complexity index is 708. The highest BCUT2D eigenvalue weighted by molar-refractivity contribution is 5.95. The van der Waals surface area contributed by atoms with Crippen molar-refractivity contribution in [2.45, 2.75) is 25.3 Å². The summed E-state index contributed by atoms with van der Waals surface area (Å²) in [6, 6.07) is 8.42. The predicted octanol–water partition coefficient (Wildman–Crippen LogP) is 2.73. The summed E-state index contributed by atoms with van der Waals surface area (Å²) < 4.78 is 5.18. The first kappa shape index (κ1) is 15.1. The van der Waals surface area contributed by atoms with Crippen molar-refractivity contribution in [3.05, 3.63) is 58.0 Å². The largest absolute Gasteiger partial charge is 0.469 e. The molecule has 1 aliphatic rings. The third-order valence-corrected chi connectivity index (χ3v) is 3.63. The third-order valence-electron chi connectivity index (χ3n) is 3.63. The lowest BCUT2D eigenvalue weighted by Crippen LogP contribution is -2.25. The molecule has 0 unspecified atom stereocenters. The minimum atomic E-state index is -0.468. The molecular weight excluding hydrogens is 298 g/mol. The van der Waals surface area contributed by atoms with Crippen LogP contribution < -0.4 is 10.6 Å². The van der Waals surface area contributed by atoms with Gasteiger partial charge >= 0.3 is 0 Å². The summed E-state index contributed by atoms with van der Waals surface area (Å²) in [6.45, 7) is 0.405. The lowest BCUT2D eigenvalue weighted by molar-refractivity contribution is -0.384. The van der Waals surface area contributed by atoms with Gasteiger partial charge in [0, 0.05) is 30.6 Å². The number of carbonyl (C=O) groups excluding carboxylic acids is 1. The molecule has 0 spiro atoms. The van der Waals surface area contributed by atoms with E-state index >= 15 is 0 Å². The maximum absolute atomic E-state index is 12.1. The second kappa shape index (κ2) is 6.51. The molecule has 2 N–H and O–H groups in total. The van der Waals surface area contributed by atoms with Crippen LogP contribution in [0.5, 0.6) is 0 Å². The number of carbonyl (C=O) groups is 1. The Kier molecular flexibility index (Phi) is 4.27. The van der Waals surface area contributed by atoms with E-state index in [2.05, 4.69) is 10.6 Å². The fraction of sp³-hybridized carbons (Fsp3) is 0.312. The fourth-order valence-corrected chi connectivity index (χ4v) is 2.25. The number of benzene rings is 1. The highest BCUT2D eigenvalue weighted by Crippen LogP contribution is 2.31. The molecule has 0 saturated heterocycles. The van der Waals surface area contributed by atoms with Gasteiger partial charge < -0.3 is 15.1 Å². The number of amides is 1. The van der Waals surface area contributed by atoms with Gasteiger partial charge in [-0.15, -0.1) is 0 Å². The Morgan fingerprint density at radius 3 is 2.83 bits per heavy atom. The van der Waals surface area contributed by atoms with E-state index in [9.17, 15) is 14.9 Å². The third kappa shape index (κ3) is 3.88. The second-order valence-electron chi connectivity index (χ2n) is 5.49. The molecule has 1 aliphatic carbocycles. The second-order valence-corrected chi connectivity index (χ2v) is 5.49. The maximum atomic E-state index is 12.1. The van der Waals surface area contributed by atoms with Gasteiger partial charge in [0.2, 0.25) is 0 Å². The summed E-state index contributed by atoms with van der Waals surface area (Å²) in [5, 5.41) is 17.0. The fourth-order valence-electron chi connectivity index (χ4n) is 2.25. The number of nitro groups is 1. The number of hydrogen-bond donors (Lipinski definition) is 2. The molecule has 0 bridgehead atoms. The van der Waals surface area contributed by atoms with E-state index in [4.69, 9.17) is 4.42 Å². The van der Waals surface area contributed by atoms with E-state index < -0.39 is 4.92 Å². The Morgan fingerprint density at radius 1 is 1.35 bits per heavy atom. The summed E-state index contributed by atoms with van der Waals surface area (Å²) >= 11 is 0. The van der Waals surface area contributed by atoms with Gasteiger partial charge in [-0.05, 0) is 37.1 Å². The number of furan rings is 1. The molecule has 120 valence electrons. The van der Waals surface area contributed by atoms with Crippen molar-refractivity contribution in [2.75, 3.05) is 11.9 Å². The monoisotopic (exact) mass is 315 g/mol. The van der Waals surface area contributed by atoms with Crippen LogP contribution in [-0.4, -0.2) is 23.4 Å². The molecule has 1 heterocycles. The van der Waals surface area contributed by atoms with Crippen molar-refractivity contribution in [2.24, 2.45) is 0 Å². The number of nitrogens with one attached hydrogen (secondary N) is 2. The van der Waals surface area contributed by atoms with Crippen molar-refractivity contribution < 1.29 is 14.1 Å². The zero-order valence-electron chi connectivity index (χ0n) is 12.5. The Labute approximate surface area is 132 Å². The number of hydrogen-bond acceptors (Lipinski definition) is 5. The van der Waals surface area contributed by atoms with Crippen LogP contribution in [0.25, 0.3) is 0 Å². The van der Waals surface area contributed by atoms with Gasteiger partial charge in [-0.3, -0.25) is 14.9 Å². The molecule has 1 fully saturated rings. The van der Waals surface area contributed by atoms with Gasteiger partial charge in [-0.25, -0.2) is 0 Å². The molecule has 1 saturated carbocycles. The average Bonchev–Trinajstić information content (AvgIpc) is 3.20. The smallest absolute Gasteiger partial charge is 0.293 e. The van der Waals surface area contributed by atoms with Crippen LogP contribution in [0.3, 0.4) is 0 Å². The molecule has 3 rings (SSSR count). The Balaban J connectivity index is 1.64. The van der Waals surface area contributed by atoms with Crippen LogP contribution >= 0.6 is 0 Å². The number of nitrogens with zero attached hydrogens (tertiary/aromatic N) is 1. The quantitative estimate of drug-likeness (QED) is 0.605. The zero-order chi connectivity index (χ0) is 16.2. The summed E-state index contributed by atoms with van der Waals surface area (Å²) in [4.78, 5) is 22.8. The molecule has 1 aromatic heterocycles. The lowest BCUT2D eigenvalue weighted by atomic mass is 10.1. The van der Waals surface area contributed by atoms with Gasteiger partial charge in [-0.1, -0.05) is 0 Å². The van der Waals surface area contributed by atoms with Gasteiger partial charge in [0.1, 0.15) is 11.4 Å². The normalized spacial score (nSPS) is 13.6. The SMILES string of the molecule is O=C(NCCc1ccco1)c1ccc(NC2CC2)c([N+](=O)[O-])c1. The Hall–Kier alpha value is -2.83. The molecule has 1 aromatic carbocycles. The molecule has 2 aromatic rings. The Morgan fingerprint density at radius 2 is 2.17 bits per heavy atom. The van der Waals surface area contributed by atoms with Gasteiger partial charge in [-0.2, -0.15) is 0 Å². The van der Waals surface area contributed by atoms with E-state index in [0.717, 1.165) is 18.6 Å². The van der Waals surface area contributed by atoms with Gasteiger partial charge in [0.15, 0.2) is 0 Å². The van der Waals surface area contributed by atoms with Crippen LogP contribution in [0, 0.1) is 10.1 Å². The summed E-state index contributed by atoms with van der Waals surface area (Å²) in [7, 11) is 0. The molecule has 0 atom stereocenters. The zero-order valence-corrected chi connectivity index (χ0v) is 12.5. The first-order valence-electron chi connectivity index (χ1n) is 7.49. The van der Waals surface area contributed by atoms with E-state index in [1.54, 1.807) is 24.5 Å². The van der Waals surface area contributed by atoms with Crippen molar-refractivity contribution in [1.29, 1.82) is 0 Å². The highest BCUT2D eigenvalue weighted by atomic mass is 16.6. The predicted molar refractivity (Wildman–Crippen MR) is 84.5 cm³/mol. The first-order valence-corrected chi connectivity index (χ1v) is 7.49. The highest BCUT2D eigenvalue weighted by Gasteiger charge is 2.25.